The van der Waals surface area contributed by atoms with Gasteiger partial charge in [-0.05, 0) is 35.7 Å². The van der Waals surface area contributed by atoms with Crippen LogP contribution in [0, 0.1) is 0 Å². The van der Waals surface area contributed by atoms with Gasteiger partial charge >= 0.3 is 0 Å². The van der Waals surface area contributed by atoms with Crippen molar-refractivity contribution in [2.24, 2.45) is 0 Å². The van der Waals surface area contributed by atoms with E-state index >= 15 is 0 Å². The maximum absolute atomic E-state index is 5.76. The van der Waals surface area contributed by atoms with Gasteiger partial charge in [-0.15, -0.1) is 11.3 Å². The number of fused-ring (bicyclic) bond motifs is 1. The molecule has 112 valence electrons. The fraction of sp³-hybridized carbons (Fsp3) is 0.250. The lowest BCUT2D eigenvalue weighted by molar-refractivity contribution is 0.122. The topological polar surface area (TPSA) is 64.3 Å². The zero-order chi connectivity index (χ0) is 14.9. The van der Waals surface area contributed by atoms with E-state index in [-0.39, 0.29) is 0 Å². The molecule has 0 saturated carbocycles. The second-order valence-electron chi connectivity index (χ2n) is 5.23. The van der Waals surface area contributed by atoms with Crippen LogP contribution in [-0.2, 0) is 4.74 Å². The van der Waals surface area contributed by atoms with Crippen molar-refractivity contribution in [2.75, 3.05) is 36.9 Å². The number of nitrogens with two attached hydrogens (primary N) is 1. The molecule has 5 nitrogen and oxygen atoms in total. The first kappa shape index (κ1) is 13.5. The number of rotatable bonds is 2. The summed E-state index contributed by atoms with van der Waals surface area (Å²) in [5.41, 5.74) is 8.49. The highest BCUT2D eigenvalue weighted by molar-refractivity contribution is 7.17. The van der Waals surface area contributed by atoms with E-state index in [4.69, 9.17) is 20.4 Å². The van der Waals surface area contributed by atoms with Crippen molar-refractivity contribution in [3.8, 4) is 11.4 Å². The van der Waals surface area contributed by atoms with Crippen LogP contribution < -0.4 is 10.6 Å². The van der Waals surface area contributed by atoms with Gasteiger partial charge in [0.15, 0.2) is 11.6 Å². The number of nitrogens with zero attached hydrogens (tertiary/aromatic N) is 3. The van der Waals surface area contributed by atoms with Crippen molar-refractivity contribution in [3.05, 3.63) is 35.7 Å². The molecule has 0 aliphatic carbocycles. The Hall–Kier alpha value is -2.18. The van der Waals surface area contributed by atoms with E-state index < -0.39 is 0 Å². The van der Waals surface area contributed by atoms with Crippen LogP contribution in [0.4, 0.5) is 11.5 Å². The molecular formula is C16H16N4OS. The molecule has 0 atom stereocenters. The summed E-state index contributed by atoms with van der Waals surface area (Å²) in [7, 11) is 0. The summed E-state index contributed by atoms with van der Waals surface area (Å²) in [4.78, 5) is 11.8. The molecule has 3 aromatic rings. The van der Waals surface area contributed by atoms with Crippen LogP contribution in [0.2, 0.25) is 0 Å². The smallest absolute Gasteiger partial charge is 0.162 e. The lowest BCUT2D eigenvalue weighted by atomic mass is 10.2. The SMILES string of the molecule is Nc1ccc(-c2nc(N3CCOCC3)c3sccc3n2)cc1. The van der Waals surface area contributed by atoms with Crippen LogP contribution in [0.3, 0.4) is 0 Å². The number of benzene rings is 1. The molecular weight excluding hydrogens is 296 g/mol. The minimum absolute atomic E-state index is 0.743. The summed E-state index contributed by atoms with van der Waals surface area (Å²) in [5, 5.41) is 2.07. The number of morpholine rings is 1. The fourth-order valence-electron chi connectivity index (χ4n) is 2.60. The molecule has 1 saturated heterocycles. The van der Waals surface area contributed by atoms with Crippen molar-refractivity contribution in [3.63, 3.8) is 0 Å². The first-order valence-corrected chi connectivity index (χ1v) is 8.13. The molecule has 3 heterocycles. The predicted octanol–water partition coefficient (Wildman–Crippen LogP) is 2.78. The number of anilines is 2. The number of hydrogen-bond donors (Lipinski definition) is 1. The lowest BCUT2D eigenvalue weighted by Gasteiger charge is -2.28. The van der Waals surface area contributed by atoms with E-state index in [2.05, 4.69) is 10.3 Å². The Morgan fingerprint density at radius 3 is 2.59 bits per heavy atom. The van der Waals surface area contributed by atoms with Crippen molar-refractivity contribution in [1.29, 1.82) is 0 Å². The van der Waals surface area contributed by atoms with Gasteiger partial charge in [0.25, 0.3) is 0 Å². The van der Waals surface area contributed by atoms with Gasteiger partial charge < -0.3 is 15.4 Å². The van der Waals surface area contributed by atoms with Gasteiger partial charge in [-0.3, -0.25) is 0 Å². The zero-order valence-electron chi connectivity index (χ0n) is 12.0. The molecule has 1 aromatic carbocycles. The molecule has 4 rings (SSSR count). The standard InChI is InChI=1S/C16H16N4OS/c17-12-3-1-11(2-4-12)15-18-13-5-10-22-14(13)16(19-15)20-6-8-21-9-7-20/h1-5,10H,6-9,17H2. The van der Waals surface area contributed by atoms with E-state index in [1.54, 1.807) is 11.3 Å². The molecule has 0 spiro atoms. The second kappa shape index (κ2) is 5.55. The molecule has 6 heteroatoms. The van der Waals surface area contributed by atoms with E-state index in [0.717, 1.165) is 59.4 Å². The number of aromatic nitrogens is 2. The predicted molar refractivity (Wildman–Crippen MR) is 90.3 cm³/mol. The van der Waals surface area contributed by atoms with Crippen molar-refractivity contribution < 1.29 is 4.74 Å². The van der Waals surface area contributed by atoms with E-state index in [1.165, 1.54) is 0 Å². The van der Waals surface area contributed by atoms with Crippen LogP contribution in [0.25, 0.3) is 21.6 Å². The third kappa shape index (κ3) is 2.40. The lowest BCUT2D eigenvalue weighted by Crippen LogP contribution is -2.36. The quantitative estimate of drug-likeness (QED) is 0.737. The molecule has 1 aliphatic rings. The summed E-state index contributed by atoms with van der Waals surface area (Å²) < 4.78 is 6.59. The highest BCUT2D eigenvalue weighted by Gasteiger charge is 2.18. The van der Waals surface area contributed by atoms with Gasteiger partial charge in [0.05, 0.1) is 23.4 Å². The van der Waals surface area contributed by atoms with Gasteiger partial charge in [-0.1, -0.05) is 0 Å². The molecule has 0 bridgehead atoms. The van der Waals surface area contributed by atoms with Crippen LogP contribution in [0.15, 0.2) is 35.7 Å². The molecule has 2 N–H and O–H groups in total. The van der Waals surface area contributed by atoms with Gasteiger partial charge in [-0.2, -0.15) is 0 Å². The van der Waals surface area contributed by atoms with Gasteiger partial charge in [0, 0.05) is 24.3 Å². The van der Waals surface area contributed by atoms with Gasteiger partial charge in [0.2, 0.25) is 0 Å². The largest absolute Gasteiger partial charge is 0.399 e. The minimum atomic E-state index is 0.743. The van der Waals surface area contributed by atoms with Crippen LogP contribution in [-0.4, -0.2) is 36.3 Å². The van der Waals surface area contributed by atoms with Crippen molar-refractivity contribution in [2.45, 2.75) is 0 Å². The maximum atomic E-state index is 5.76. The summed E-state index contributed by atoms with van der Waals surface area (Å²) in [6.07, 6.45) is 0. The monoisotopic (exact) mass is 312 g/mol. The molecule has 0 radical (unpaired) electrons. The molecule has 1 fully saturated rings. The summed E-state index contributed by atoms with van der Waals surface area (Å²) >= 11 is 1.69. The number of ether oxygens (including phenoxy) is 1. The second-order valence-corrected chi connectivity index (χ2v) is 6.14. The molecule has 0 unspecified atom stereocenters. The normalized spacial score (nSPS) is 15.4. The highest BCUT2D eigenvalue weighted by Crippen LogP contribution is 2.32. The van der Waals surface area contributed by atoms with Gasteiger partial charge in [0.1, 0.15) is 0 Å². The summed E-state index contributed by atoms with van der Waals surface area (Å²) in [6, 6.07) is 9.74. The first-order valence-electron chi connectivity index (χ1n) is 7.25. The average Bonchev–Trinajstić information content (AvgIpc) is 3.04. The van der Waals surface area contributed by atoms with Gasteiger partial charge in [-0.25, -0.2) is 9.97 Å². The Labute approximate surface area is 132 Å². The average molecular weight is 312 g/mol. The number of hydrogen-bond acceptors (Lipinski definition) is 6. The maximum Gasteiger partial charge on any atom is 0.162 e. The van der Waals surface area contributed by atoms with Crippen LogP contribution in [0.1, 0.15) is 0 Å². The Balaban J connectivity index is 1.84. The van der Waals surface area contributed by atoms with E-state index in [9.17, 15) is 0 Å². The Bertz CT molecular complexity index is 794. The molecule has 2 aromatic heterocycles. The van der Waals surface area contributed by atoms with Crippen molar-refractivity contribution in [1.82, 2.24) is 9.97 Å². The third-order valence-electron chi connectivity index (χ3n) is 3.77. The van der Waals surface area contributed by atoms with Crippen LogP contribution in [0.5, 0.6) is 0 Å². The Morgan fingerprint density at radius 2 is 1.82 bits per heavy atom. The fourth-order valence-corrected chi connectivity index (χ4v) is 3.45. The first-order chi connectivity index (χ1) is 10.8. The number of nitrogen functional groups attached to an aromatic ring is 1. The third-order valence-corrected chi connectivity index (χ3v) is 4.66. The summed E-state index contributed by atoms with van der Waals surface area (Å²) in [6.45, 7) is 3.22. The molecule has 22 heavy (non-hydrogen) atoms. The number of thiophene rings is 1. The Kier molecular flexibility index (Phi) is 3.40. The van der Waals surface area contributed by atoms with E-state index in [1.807, 2.05) is 30.3 Å². The van der Waals surface area contributed by atoms with Crippen molar-refractivity contribution >= 4 is 33.1 Å². The van der Waals surface area contributed by atoms with E-state index in [0.29, 0.717) is 0 Å². The Morgan fingerprint density at radius 1 is 1.05 bits per heavy atom. The molecule has 0 amide bonds. The van der Waals surface area contributed by atoms with Crippen LogP contribution >= 0.6 is 11.3 Å². The highest BCUT2D eigenvalue weighted by atomic mass is 32.1. The minimum Gasteiger partial charge on any atom is -0.399 e. The molecule has 1 aliphatic heterocycles. The summed E-state index contributed by atoms with van der Waals surface area (Å²) in [5.74, 6) is 1.75. The zero-order valence-corrected chi connectivity index (χ0v) is 12.8.